The Balaban J connectivity index is 1.09. The van der Waals surface area contributed by atoms with E-state index in [0.29, 0.717) is 30.2 Å². The lowest BCUT2D eigenvalue weighted by atomic mass is 9.85. The average molecular weight is 719 g/mol. The first kappa shape index (κ1) is 36.1. The van der Waals surface area contributed by atoms with Crippen molar-refractivity contribution in [3.63, 3.8) is 0 Å². The number of anilines is 1. The Kier molecular flexibility index (Phi) is 10.2. The minimum atomic E-state index is -0.318. The van der Waals surface area contributed by atoms with Crippen LogP contribution < -0.4 is 20.9 Å². The number of benzene rings is 2. The second-order valence-electron chi connectivity index (χ2n) is 15.3. The number of ether oxygens (including phenoxy) is 2. The third-order valence-corrected chi connectivity index (χ3v) is 10.1. The Bertz CT molecular complexity index is 2170. The maximum atomic E-state index is 13.8. The summed E-state index contributed by atoms with van der Waals surface area (Å²) in [5.74, 6) is 1.48. The Labute approximate surface area is 309 Å². The van der Waals surface area contributed by atoms with Crippen molar-refractivity contribution in [3.8, 4) is 11.4 Å². The van der Waals surface area contributed by atoms with Gasteiger partial charge in [0.2, 0.25) is 0 Å². The van der Waals surface area contributed by atoms with Gasteiger partial charge in [-0.05, 0) is 54.3 Å². The summed E-state index contributed by atoms with van der Waals surface area (Å²) in [5, 5.41) is 33.8. The number of nitrogens with zero attached hydrogens (tertiary/aromatic N) is 6. The lowest BCUT2D eigenvalue weighted by molar-refractivity contribution is 0.0361. The van der Waals surface area contributed by atoms with Gasteiger partial charge in [-0.25, -0.2) is 9.48 Å². The zero-order valence-electron chi connectivity index (χ0n) is 31.2. The largest absolute Gasteiger partial charge is 0.484 e. The van der Waals surface area contributed by atoms with E-state index in [1.807, 2.05) is 65.8 Å². The molecule has 0 bridgehead atoms. The van der Waals surface area contributed by atoms with Crippen LogP contribution in [-0.2, 0) is 16.7 Å². The molecule has 2 aliphatic rings. The zero-order chi connectivity index (χ0) is 37.3. The summed E-state index contributed by atoms with van der Waals surface area (Å²) in [5.41, 5.74) is 4.70. The number of carbonyl (C=O) groups is 1. The standard InChI is InChI=1S/C40H50N10O3/c1-26(2)38(42)48-25-29(12-15-36(48)41)53-34-14-13-32(30-8-6-7-9-31(30)34)44-39(51)45-37-23-35(40(3,4)5)46-50(37)28-11-10-27-24-43-49(33(27)22-28)17-16-47-18-20-52-21-19-47/h6-12,15,22-26,32,34,41-42H,13-14,16-21H2,1-5H3,(H2,44,45,51)/t32-,34+/m0/s1. The third-order valence-electron chi connectivity index (χ3n) is 10.1. The van der Waals surface area contributed by atoms with Gasteiger partial charge in [0.25, 0.3) is 0 Å². The highest BCUT2D eigenvalue weighted by molar-refractivity contribution is 5.89. The van der Waals surface area contributed by atoms with Crippen molar-refractivity contribution in [2.45, 2.75) is 71.6 Å². The monoisotopic (exact) mass is 718 g/mol. The number of amides is 2. The third kappa shape index (κ3) is 7.91. The van der Waals surface area contributed by atoms with Crippen LogP contribution >= 0.6 is 0 Å². The summed E-state index contributed by atoms with van der Waals surface area (Å²) < 4.78 is 17.4. The molecule has 4 heterocycles. The van der Waals surface area contributed by atoms with Gasteiger partial charge >= 0.3 is 6.03 Å². The SMILES string of the molecule is CC(C)C(=N)n1cc(O[C@@H]2CC[C@H](NC(=O)Nc3cc(C(C)(C)C)nn3-c3ccc4cnn(CCN5CCOCC5)c4c3)c3ccccc32)ccc1=N. The van der Waals surface area contributed by atoms with Gasteiger partial charge in [0.05, 0.1) is 55.1 Å². The molecule has 2 aromatic carbocycles. The molecule has 1 aliphatic heterocycles. The van der Waals surface area contributed by atoms with Gasteiger partial charge < -0.3 is 14.8 Å². The van der Waals surface area contributed by atoms with Crippen LogP contribution in [0.15, 0.2) is 73.1 Å². The molecule has 13 heteroatoms. The van der Waals surface area contributed by atoms with E-state index in [2.05, 4.69) is 53.5 Å². The normalized spacial score (nSPS) is 17.8. The van der Waals surface area contributed by atoms with Crippen molar-refractivity contribution in [3.05, 3.63) is 95.4 Å². The number of fused-ring (bicyclic) bond motifs is 2. The van der Waals surface area contributed by atoms with Crippen molar-refractivity contribution >= 4 is 28.6 Å². The number of morpholine rings is 1. The number of hydrogen-bond donors (Lipinski definition) is 4. The van der Waals surface area contributed by atoms with E-state index in [9.17, 15) is 4.79 Å². The molecule has 0 radical (unpaired) electrons. The van der Waals surface area contributed by atoms with Crippen LogP contribution in [0.3, 0.4) is 0 Å². The van der Waals surface area contributed by atoms with E-state index in [1.165, 1.54) is 0 Å². The van der Waals surface area contributed by atoms with Gasteiger partial charge in [-0.1, -0.05) is 58.9 Å². The number of rotatable bonds is 9. The molecule has 0 saturated carbocycles. The molecule has 278 valence electrons. The van der Waals surface area contributed by atoms with E-state index in [4.69, 9.17) is 25.4 Å². The predicted molar refractivity (Wildman–Crippen MR) is 205 cm³/mol. The Morgan fingerprint density at radius 2 is 1.79 bits per heavy atom. The molecule has 4 N–H and O–H groups in total. The van der Waals surface area contributed by atoms with E-state index >= 15 is 0 Å². The molecule has 1 fully saturated rings. The summed E-state index contributed by atoms with van der Waals surface area (Å²) in [4.78, 5) is 16.2. The van der Waals surface area contributed by atoms with Gasteiger partial charge in [-0.2, -0.15) is 10.2 Å². The van der Waals surface area contributed by atoms with Crippen LogP contribution in [0.2, 0.25) is 0 Å². The number of nitrogens with one attached hydrogen (secondary N) is 4. The molecule has 0 spiro atoms. The van der Waals surface area contributed by atoms with Crippen molar-refractivity contribution in [1.82, 2.24) is 34.3 Å². The molecule has 0 unspecified atom stereocenters. The average Bonchev–Trinajstić information content (AvgIpc) is 3.76. The summed E-state index contributed by atoms with van der Waals surface area (Å²) in [6, 6.07) is 19.0. The van der Waals surface area contributed by atoms with E-state index in [0.717, 1.165) is 72.8 Å². The van der Waals surface area contributed by atoms with Gasteiger partial charge in [-0.15, -0.1) is 0 Å². The van der Waals surface area contributed by atoms with E-state index in [1.54, 1.807) is 22.9 Å². The smallest absolute Gasteiger partial charge is 0.320 e. The fourth-order valence-corrected chi connectivity index (χ4v) is 6.99. The fourth-order valence-electron chi connectivity index (χ4n) is 6.99. The minimum Gasteiger partial charge on any atom is -0.484 e. The van der Waals surface area contributed by atoms with Gasteiger partial charge in [0, 0.05) is 42.4 Å². The lowest BCUT2D eigenvalue weighted by Gasteiger charge is -2.32. The molecule has 3 aromatic heterocycles. The summed E-state index contributed by atoms with van der Waals surface area (Å²) in [6.45, 7) is 15.3. The second kappa shape index (κ2) is 15.0. The van der Waals surface area contributed by atoms with Crippen LogP contribution in [0.25, 0.3) is 16.6 Å². The molecule has 2 amide bonds. The van der Waals surface area contributed by atoms with Crippen LogP contribution in [0.5, 0.6) is 5.75 Å². The first-order valence-electron chi connectivity index (χ1n) is 18.5. The van der Waals surface area contributed by atoms with Crippen molar-refractivity contribution < 1.29 is 14.3 Å². The Hall–Kier alpha value is -5.27. The molecule has 7 rings (SSSR count). The van der Waals surface area contributed by atoms with Crippen molar-refractivity contribution in [2.75, 3.05) is 38.2 Å². The number of hydrogen-bond acceptors (Lipinski definition) is 8. The Morgan fingerprint density at radius 3 is 2.55 bits per heavy atom. The first-order valence-corrected chi connectivity index (χ1v) is 18.5. The Morgan fingerprint density at radius 1 is 1.02 bits per heavy atom. The molecule has 2 atom stereocenters. The van der Waals surface area contributed by atoms with Gasteiger partial charge in [0.1, 0.15) is 29.0 Å². The maximum absolute atomic E-state index is 13.8. The minimum absolute atomic E-state index is 0.0319. The van der Waals surface area contributed by atoms with Crippen LogP contribution in [-0.4, -0.2) is 73.7 Å². The van der Waals surface area contributed by atoms with Crippen molar-refractivity contribution in [1.29, 1.82) is 10.8 Å². The predicted octanol–water partition coefficient (Wildman–Crippen LogP) is 6.39. The van der Waals surface area contributed by atoms with Crippen molar-refractivity contribution in [2.24, 2.45) is 5.92 Å². The molecule has 53 heavy (non-hydrogen) atoms. The summed E-state index contributed by atoms with van der Waals surface area (Å²) >= 11 is 0. The molecule has 1 aliphatic carbocycles. The number of carbonyl (C=O) groups excluding carboxylic acids is 1. The maximum Gasteiger partial charge on any atom is 0.320 e. The number of aromatic nitrogens is 5. The fraction of sp³-hybridized carbons (Fsp3) is 0.425. The highest BCUT2D eigenvalue weighted by atomic mass is 16.5. The van der Waals surface area contributed by atoms with Crippen LogP contribution in [0, 0.1) is 16.7 Å². The van der Waals surface area contributed by atoms with Crippen LogP contribution in [0.4, 0.5) is 10.6 Å². The van der Waals surface area contributed by atoms with E-state index < -0.39 is 0 Å². The molecule has 13 nitrogen and oxygen atoms in total. The van der Waals surface area contributed by atoms with Gasteiger partial charge in [-0.3, -0.25) is 30.3 Å². The topological polar surface area (TPSA) is 151 Å². The quantitative estimate of drug-likeness (QED) is 0.102. The van der Waals surface area contributed by atoms with Crippen LogP contribution in [0.1, 0.15) is 76.4 Å². The second-order valence-corrected chi connectivity index (χ2v) is 15.3. The molecular weight excluding hydrogens is 669 g/mol. The summed E-state index contributed by atoms with van der Waals surface area (Å²) in [7, 11) is 0. The number of pyridine rings is 1. The molecular formula is C40H50N10O3. The molecule has 1 saturated heterocycles. The zero-order valence-corrected chi connectivity index (χ0v) is 31.2. The molecule has 5 aromatic rings. The highest BCUT2D eigenvalue weighted by Gasteiger charge is 2.30. The number of urea groups is 1. The summed E-state index contributed by atoms with van der Waals surface area (Å²) in [6.07, 6.45) is 4.73. The lowest BCUT2D eigenvalue weighted by Crippen LogP contribution is -2.38. The van der Waals surface area contributed by atoms with E-state index in [-0.39, 0.29) is 35.0 Å². The highest BCUT2D eigenvalue weighted by Crippen LogP contribution is 2.39. The first-order chi connectivity index (χ1) is 25.4. The van der Waals surface area contributed by atoms with Gasteiger partial charge in [0.15, 0.2) is 0 Å².